The molecule has 2 fully saturated rings. The summed E-state index contributed by atoms with van der Waals surface area (Å²) < 4.78 is 126. The van der Waals surface area contributed by atoms with Crippen molar-refractivity contribution in [2.24, 2.45) is 33.3 Å². The maximum atomic E-state index is 15.6. The van der Waals surface area contributed by atoms with Crippen LogP contribution in [0.5, 0.6) is 11.8 Å². The summed E-state index contributed by atoms with van der Waals surface area (Å²) in [5, 5.41) is 12.6. The standard InChI is InChI=1S/C32H39F2N5O6SSi.C23H20F4N6O2S.C2H5F2N/c1-9-10-44-25-18-35-23(17-36-25)22(33)14-20-13-21(26(34)37-16-20)31(5)24-15-32(24,27(40)41)46-28(38-31)39(29(42)45-30(2,3)4)19-43-11-12-47(6,7)8;1-3-4-35-18-11-29-15(9-30-18)14(24)6-12-5-13(19(27)31-8-12)22(2)16-7-23(16,36-21(28)33-22)20(34)32-10-17(25)26;3-2(4)1-5/h1,13-14,16-18,24H,10-12,15,19H2,2-8H3,(H,40,41);1,5-6,8-9,11,16-17H,4,7,10H2,2H3,(H2,28,33)(H,32,34);2H,1,5H2/b22-14-;14-6-;/t24-,31+,32-;16-,22+,23-;/m00./s1. The second-order valence-corrected chi connectivity index (χ2v) is 30.9. The molecule has 2 amide bonds. The van der Waals surface area contributed by atoms with E-state index in [-0.39, 0.29) is 88.5 Å². The zero-order chi connectivity index (χ0) is 65.2. The van der Waals surface area contributed by atoms with Crippen molar-refractivity contribution in [3.05, 3.63) is 94.9 Å². The fourth-order valence-electron chi connectivity index (χ4n) is 9.04. The Balaban J connectivity index is 0.000000268. The van der Waals surface area contributed by atoms with Gasteiger partial charge in [0.05, 0.1) is 49.0 Å². The van der Waals surface area contributed by atoms with Gasteiger partial charge in [0, 0.05) is 50.0 Å². The third-order valence-corrected chi connectivity index (χ3v) is 18.1. The molecule has 472 valence electrons. The highest BCUT2D eigenvalue weighted by atomic mass is 32.2. The molecule has 31 heteroatoms. The molecule has 6 N–H and O–H groups in total. The first kappa shape index (κ1) is 69.4. The number of amides is 2. The zero-order valence-electron chi connectivity index (χ0n) is 48.9. The SMILES string of the molecule is C#CCOc1cnc(/C(F)=C/c2cnc(F)c([C@@]3(C)N=C(N(COCC[Si](C)(C)C)C(=O)OC(C)(C)C)S[C@@]4(C(=O)O)C[C@H]43)c2)cn1.C#CCOc1cnc(/C(F)=C/c2cnc(F)c([C@@]3(C)N=C(N)S[C@@]4(C(=O)NCC(F)F)C[C@H]43)c2)cn1.NCC(F)F. The molecule has 4 aromatic rings. The van der Waals surface area contributed by atoms with Crippen LogP contribution in [0.25, 0.3) is 23.8 Å². The second-order valence-electron chi connectivity index (χ2n) is 22.6. The Morgan fingerprint density at radius 3 is 1.72 bits per heavy atom. The van der Waals surface area contributed by atoms with Gasteiger partial charge in [-0.25, -0.2) is 65.9 Å². The molecule has 0 bridgehead atoms. The number of nitrogens with zero attached hydrogens (tertiary/aromatic N) is 9. The van der Waals surface area contributed by atoms with Crippen molar-refractivity contribution in [1.29, 1.82) is 0 Å². The number of ether oxygens (including phenoxy) is 4. The number of alkyl halides is 4. The summed E-state index contributed by atoms with van der Waals surface area (Å²) in [6, 6.07) is 3.55. The number of carboxylic acid groups (broad SMARTS) is 1. The number of amidine groups is 2. The predicted octanol–water partition coefficient (Wildman–Crippen LogP) is 9.32. The number of nitrogens with two attached hydrogens (primary N) is 2. The van der Waals surface area contributed by atoms with E-state index in [1.54, 1.807) is 34.6 Å². The summed E-state index contributed by atoms with van der Waals surface area (Å²) in [7, 11) is -1.46. The Labute approximate surface area is 511 Å². The van der Waals surface area contributed by atoms with Crippen LogP contribution in [0.4, 0.5) is 39.9 Å². The lowest BCUT2D eigenvalue weighted by molar-refractivity contribution is -0.137. The number of rotatable bonds is 20. The normalized spacial score (nSPS) is 22.7. The molecule has 0 aromatic carbocycles. The van der Waals surface area contributed by atoms with Crippen molar-refractivity contribution in [1.82, 2.24) is 40.1 Å². The van der Waals surface area contributed by atoms with Crippen molar-refractivity contribution >= 4 is 83.7 Å². The Morgan fingerprint density at radius 1 is 0.795 bits per heavy atom. The summed E-state index contributed by atoms with van der Waals surface area (Å²) in [4.78, 5) is 72.6. The highest BCUT2D eigenvalue weighted by Gasteiger charge is 2.73. The molecule has 4 aromatic heterocycles. The Bertz CT molecular complexity index is 3420. The molecule has 8 rings (SSSR count). The van der Waals surface area contributed by atoms with Crippen LogP contribution < -0.4 is 26.3 Å². The molecule has 20 nitrogen and oxygen atoms in total. The molecular weight excluding hydrogens is 1220 g/mol. The number of carboxylic acids is 1. The first-order chi connectivity index (χ1) is 41.2. The van der Waals surface area contributed by atoms with Gasteiger partial charge in [0.1, 0.15) is 33.2 Å². The lowest BCUT2D eigenvalue weighted by Crippen LogP contribution is -2.47. The topological polar surface area (TPSA) is 278 Å². The highest BCUT2D eigenvalue weighted by molar-refractivity contribution is 8.16. The molecule has 2 aliphatic heterocycles. The van der Waals surface area contributed by atoms with Crippen LogP contribution in [0.2, 0.25) is 25.7 Å². The first-order valence-corrected chi connectivity index (χ1v) is 32.1. The zero-order valence-corrected chi connectivity index (χ0v) is 51.6. The van der Waals surface area contributed by atoms with Crippen LogP contribution in [0.3, 0.4) is 0 Å². The average Bonchev–Trinajstić information content (AvgIpc) is 1.55. The molecule has 0 spiro atoms. The lowest BCUT2D eigenvalue weighted by atomic mass is 9.86. The van der Waals surface area contributed by atoms with Crippen molar-refractivity contribution in [2.75, 3.05) is 39.6 Å². The van der Waals surface area contributed by atoms with Crippen LogP contribution in [0.15, 0.2) is 59.3 Å². The molecule has 0 radical (unpaired) electrons. The smallest absolute Gasteiger partial charge is 0.418 e. The van der Waals surface area contributed by atoms with Crippen molar-refractivity contribution in [3.63, 3.8) is 0 Å². The monoisotopic (exact) mass is 1290 g/mol. The molecule has 6 atom stereocenters. The number of terminal acetylenes is 2. The maximum Gasteiger partial charge on any atom is 0.418 e. The van der Waals surface area contributed by atoms with Gasteiger partial charge in [-0.1, -0.05) is 55.0 Å². The summed E-state index contributed by atoms with van der Waals surface area (Å²) in [5.41, 5.74) is 6.77. The van der Waals surface area contributed by atoms with Crippen LogP contribution in [-0.2, 0) is 30.1 Å². The molecule has 0 saturated heterocycles. The minimum absolute atomic E-state index is 0.00684. The second kappa shape index (κ2) is 28.6. The Morgan fingerprint density at radius 2 is 1.28 bits per heavy atom. The third kappa shape index (κ3) is 17.3. The summed E-state index contributed by atoms with van der Waals surface area (Å²) in [6.07, 6.45) is 14.0. The predicted molar refractivity (Wildman–Crippen MR) is 318 cm³/mol. The van der Waals surface area contributed by atoms with E-state index in [2.05, 4.69) is 77.4 Å². The van der Waals surface area contributed by atoms with Gasteiger partial charge in [0.25, 0.3) is 12.9 Å². The van der Waals surface area contributed by atoms with Gasteiger partial charge in [0.15, 0.2) is 35.2 Å². The van der Waals surface area contributed by atoms with E-state index in [4.69, 9.17) is 42.5 Å². The number of hydrogen-bond donors (Lipinski definition) is 4. The van der Waals surface area contributed by atoms with E-state index >= 15 is 8.78 Å². The first-order valence-electron chi connectivity index (χ1n) is 26.8. The van der Waals surface area contributed by atoms with Gasteiger partial charge in [-0.2, -0.15) is 8.78 Å². The molecule has 0 unspecified atom stereocenters. The number of aliphatic carboxylic acids is 1. The minimum atomic E-state index is -2.72. The average molecular weight is 1290 g/mol. The summed E-state index contributed by atoms with van der Waals surface area (Å²) in [5.74, 6) is -1.47. The minimum Gasteiger partial charge on any atom is -0.480 e. The van der Waals surface area contributed by atoms with E-state index in [0.29, 0.717) is 6.61 Å². The van der Waals surface area contributed by atoms with Crippen LogP contribution in [0, 0.1) is 48.4 Å². The third-order valence-electron chi connectivity index (χ3n) is 13.6. The van der Waals surface area contributed by atoms with E-state index in [9.17, 15) is 45.8 Å². The van der Waals surface area contributed by atoms with E-state index in [1.807, 2.05) is 0 Å². The fraction of sp³-hybridized carbons (Fsp3) is 0.456. The van der Waals surface area contributed by atoms with Crippen molar-refractivity contribution in [2.45, 2.75) is 112 Å². The van der Waals surface area contributed by atoms with Gasteiger partial charge in [0.2, 0.25) is 29.6 Å². The number of carbonyl (C=O) groups is 3. The van der Waals surface area contributed by atoms with Crippen molar-refractivity contribution < 1.29 is 73.6 Å². The van der Waals surface area contributed by atoms with Gasteiger partial charge in [-0.3, -0.25) is 19.6 Å². The van der Waals surface area contributed by atoms with E-state index < -0.39 is 114 Å². The molecule has 4 aliphatic rings. The number of carbonyl (C=O) groups excluding carboxylic acids is 2. The largest absolute Gasteiger partial charge is 0.480 e. The van der Waals surface area contributed by atoms with E-state index in [0.717, 1.165) is 71.4 Å². The lowest BCUT2D eigenvalue weighted by Gasteiger charge is -2.37. The molecular formula is C57H64F8N12O8S2Si. The number of nitrogens with one attached hydrogen (secondary N) is 1. The number of fused-ring (bicyclic) bond motifs is 2. The maximum absolute atomic E-state index is 15.6. The van der Waals surface area contributed by atoms with Gasteiger partial charge in [-0.15, -0.1) is 12.8 Å². The number of aliphatic imine (C=N–C) groups is 2. The van der Waals surface area contributed by atoms with Crippen LogP contribution >= 0.6 is 23.5 Å². The fourth-order valence-corrected chi connectivity index (χ4v) is 12.7. The molecule has 88 heavy (non-hydrogen) atoms. The van der Waals surface area contributed by atoms with Gasteiger partial charge >= 0.3 is 12.1 Å². The number of hydrogen-bond acceptors (Lipinski definition) is 19. The number of halogens is 8. The van der Waals surface area contributed by atoms with Gasteiger partial charge in [-0.05, 0) is 88.9 Å². The summed E-state index contributed by atoms with van der Waals surface area (Å²) in [6.45, 7) is 13.6. The number of aromatic nitrogens is 6. The quantitative estimate of drug-likeness (QED) is 0.0160. The van der Waals surface area contributed by atoms with Crippen molar-refractivity contribution in [3.8, 4) is 36.4 Å². The van der Waals surface area contributed by atoms with Crippen LogP contribution in [0.1, 0.15) is 81.1 Å². The number of pyridine rings is 2. The summed E-state index contributed by atoms with van der Waals surface area (Å²) >= 11 is 1.88. The molecule has 6 heterocycles. The number of thioether (sulfide) groups is 2. The Kier molecular flexibility index (Phi) is 22.6. The highest BCUT2D eigenvalue weighted by Crippen LogP contribution is 2.67. The Hall–Kier alpha value is -7.71. The van der Waals surface area contributed by atoms with Crippen LogP contribution in [-0.4, -0.2) is 144 Å². The van der Waals surface area contributed by atoms with Gasteiger partial charge < -0.3 is 40.8 Å². The molecule has 2 aliphatic carbocycles. The van der Waals surface area contributed by atoms with E-state index in [1.165, 1.54) is 24.5 Å². The molecule has 2 saturated carbocycles.